The van der Waals surface area contributed by atoms with Crippen LogP contribution in [0.2, 0.25) is 0 Å². The summed E-state index contributed by atoms with van der Waals surface area (Å²) in [5, 5.41) is 11.4. The van der Waals surface area contributed by atoms with E-state index >= 15 is 0 Å². The number of nitrogens with one attached hydrogen (secondary N) is 1. The van der Waals surface area contributed by atoms with Gasteiger partial charge in [0.1, 0.15) is 11.9 Å². The Hall–Kier alpha value is -3.13. The second-order valence-electron chi connectivity index (χ2n) is 4.29. The number of anilines is 2. The molecule has 5 heteroatoms. The maximum Gasteiger partial charge on any atom is 0.248 e. The van der Waals surface area contributed by atoms with Crippen molar-refractivity contribution in [3.63, 3.8) is 0 Å². The molecule has 0 aliphatic carbocycles. The van der Waals surface area contributed by atoms with Crippen molar-refractivity contribution < 1.29 is 9.18 Å². The Morgan fingerprint density at radius 1 is 1.24 bits per heavy atom. The Morgan fingerprint density at radius 2 is 1.95 bits per heavy atom. The maximum absolute atomic E-state index is 13.0. The zero-order valence-corrected chi connectivity index (χ0v) is 11.0. The van der Waals surface area contributed by atoms with Crippen LogP contribution in [0, 0.1) is 17.1 Å². The standard InChI is InChI=1S/C16H12FN3O/c17-13-4-7-15(12(9-13)10-18)20-16(21)8-3-11-1-5-14(19)6-2-11/h1-9H,19H2,(H,20,21)/b8-3+. The number of halogens is 1. The molecular formula is C16H12FN3O. The van der Waals surface area contributed by atoms with Gasteiger partial charge in [-0.25, -0.2) is 4.39 Å². The Balaban J connectivity index is 2.08. The smallest absolute Gasteiger partial charge is 0.248 e. The van der Waals surface area contributed by atoms with Crippen molar-refractivity contribution in [3.8, 4) is 6.07 Å². The van der Waals surface area contributed by atoms with Gasteiger partial charge in [0.2, 0.25) is 5.91 Å². The summed E-state index contributed by atoms with van der Waals surface area (Å²) in [7, 11) is 0. The van der Waals surface area contributed by atoms with Gasteiger partial charge in [-0.2, -0.15) is 5.26 Å². The van der Waals surface area contributed by atoms with E-state index in [2.05, 4.69) is 5.32 Å². The monoisotopic (exact) mass is 281 g/mol. The highest BCUT2D eigenvalue weighted by Gasteiger charge is 2.05. The molecule has 0 heterocycles. The Bertz CT molecular complexity index is 730. The van der Waals surface area contributed by atoms with Crippen molar-refractivity contribution in [3.05, 3.63) is 65.5 Å². The first-order chi connectivity index (χ1) is 10.1. The highest BCUT2D eigenvalue weighted by atomic mass is 19.1. The first kappa shape index (κ1) is 14.3. The van der Waals surface area contributed by atoms with E-state index in [1.807, 2.05) is 6.07 Å². The summed E-state index contributed by atoms with van der Waals surface area (Å²) in [6.45, 7) is 0. The zero-order chi connectivity index (χ0) is 15.2. The molecule has 0 aliphatic heterocycles. The molecule has 0 saturated carbocycles. The van der Waals surface area contributed by atoms with Crippen molar-refractivity contribution in [1.29, 1.82) is 5.26 Å². The molecule has 104 valence electrons. The number of nitrogens with zero attached hydrogens (tertiary/aromatic N) is 1. The van der Waals surface area contributed by atoms with Crippen LogP contribution in [0.15, 0.2) is 48.5 Å². The Kier molecular flexibility index (Phi) is 4.32. The SMILES string of the molecule is N#Cc1cc(F)ccc1NC(=O)/C=C/c1ccc(N)cc1. The lowest BCUT2D eigenvalue weighted by Crippen LogP contribution is -2.09. The molecule has 0 radical (unpaired) electrons. The van der Waals surface area contributed by atoms with Crippen molar-refractivity contribution in [2.45, 2.75) is 0 Å². The quantitative estimate of drug-likeness (QED) is 0.670. The summed E-state index contributed by atoms with van der Waals surface area (Å²) in [4.78, 5) is 11.8. The highest BCUT2D eigenvalue weighted by Crippen LogP contribution is 2.16. The molecule has 0 atom stereocenters. The predicted molar refractivity (Wildman–Crippen MR) is 79.6 cm³/mol. The van der Waals surface area contributed by atoms with Gasteiger partial charge in [-0.1, -0.05) is 12.1 Å². The molecule has 2 aromatic rings. The fourth-order valence-corrected chi connectivity index (χ4v) is 1.67. The molecular weight excluding hydrogens is 269 g/mol. The van der Waals surface area contributed by atoms with Gasteiger partial charge in [0.15, 0.2) is 0 Å². The third kappa shape index (κ3) is 3.91. The molecule has 1 amide bonds. The van der Waals surface area contributed by atoms with E-state index in [-0.39, 0.29) is 11.3 Å². The van der Waals surface area contributed by atoms with Gasteiger partial charge in [0.25, 0.3) is 0 Å². The van der Waals surface area contributed by atoms with Crippen LogP contribution in [-0.4, -0.2) is 5.91 Å². The fourth-order valence-electron chi connectivity index (χ4n) is 1.67. The van der Waals surface area contributed by atoms with E-state index in [1.165, 1.54) is 18.2 Å². The van der Waals surface area contributed by atoms with Gasteiger partial charge in [-0.15, -0.1) is 0 Å². The van der Waals surface area contributed by atoms with Crippen LogP contribution >= 0.6 is 0 Å². The minimum atomic E-state index is -0.526. The first-order valence-corrected chi connectivity index (χ1v) is 6.13. The number of hydrogen-bond acceptors (Lipinski definition) is 3. The van der Waals surface area contributed by atoms with Crippen molar-refractivity contribution >= 4 is 23.4 Å². The zero-order valence-electron chi connectivity index (χ0n) is 11.0. The van der Waals surface area contributed by atoms with Crippen molar-refractivity contribution in [2.75, 3.05) is 11.1 Å². The van der Waals surface area contributed by atoms with Gasteiger partial charge < -0.3 is 11.1 Å². The van der Waals surface area contributed by atoms with Gasteiger partial charge in [-0.05, 0) is 42.0 Å². The average Bonchev–Trinajstić information content (AvgIpc) is 2.48. The van der Waals surface area contributed by atoms with E-state index in [9.17, 15) is 9.18 Å². The topological polar surface area (TPSA) is 78.9 Å². The number of amides is 1. The Labute approximate surface area is 121 Å². The number of hydrogen-bond donors (Lipinski definition) is 2. The predicted octanol–water partition coefficient (Wildman–Crippen LogP) is 2.93. The summed E-state index contributed by atoms with van der Waals surface area (Å²) in [6, 6.07) is 12.4. The summed E-state index contributed by atoms with van der Waals surface area (Å²) >= 11 is 0. The number of nitrogen functional groups attached to an aromatic ring is 1. The third-order valence-corrected chi connectivity index (χ3v) is 2.72. The maximum atomic E-state index is 13.0. The number of rotatable bonds is 3. The number of carbonyl (C=O) groups is 1. The number of benzene rings is 2. The van der Waals surface area contributed by atoms with Crippen LogP contribution in [0.25, 0.3) is 6.08 Å². The molecule has 0 saturated heterocycles. The molecule has 2 rings (SSSR count). The number of carbonyl (C=O) groups excluding carboxylic acids is 1. The van der Waals surface area contributed by atoms with Crippen LogP contribution in [-0.2, 0) is 4.79 Å². The summed E-state index contributed by atoms with van der Waals surface area (Å²) in [6.07, 6.45) is 2.94. The lowest BCUT2D eigenvalue weighted by Gasteiger charge is -2.04. The van der Waals surface area contributed by atoms with Gasteiger partial charge >= 0.3 is 0 Å². The molecule has 0 unspecified atom stereocenters. The lowest BCUT2D eigenvalue weighted by molar-refractivity contribution is -0.111. The van der Waals surface area contributed by atoms with E-state index in [0.29, 0.717) is 5.69 Å². The van der Waals surface area contributed by atoms with E-state index < -0.39 is 11.7 Å². The molecule has 0 spiro atoms. The van der Waals surface area contributed by atoms with Crippen molar-refractivity contribution in [2.24, 2.45) is 0 Å². The van der Waals surface area contributed by atoms with Gasteiger partial charge in [0.05, 0.1) is 11.3 Å². The normalized spacial score (nSPS) is 10.3. The minimum Gasteiger partial charge on any atom is -0.399 e. The molecule has 21 heavy (non-hydrogen) atoms. The fraction of sp³-hybridized carbons (Fsp3) is 0. The molecule has 0 bridgehead atoms. The van der Waals surface area contributed by atoms with E-state index in [1.54, 1.807) is 30.3 Å². The van der Waals surface area contributed by atoms with Crippen LogP contribution in [0.1, 0.15) is 11.1 Å². The molecule has 0 fully saturated rings. The number of nitrogens with two attached hydrogens (primary N) is 1. The summed E-state index contributed by atoms with van der Waals surface area (Å²) in [5.74, 6) is -0.933. The molecule has 4 nitrogen and oxygen atoms in total. The minimum absolute atomic E-state index is 0.0734. The average molecular weight is 281 g/mol. The van der Waals surface area contributed by atoms with Crippen LogP contribution in [0.3, 0.4) is 0 Å². The first-order valence-electron chi connectivity index (χ1n) is 6.13. The summed E-state index contributed by atoms with van der Waals surface area (Å²) < 4.78 is 13.0. The summed E-state index contributed by atoms with van der Waals surface area (Å²) in [5.41, 5.74) is 7.37. The van der Waals surface area contributed by atoms with Crippen LogP contribution in [0.4, 0.5) is 15.8 Å². The third-order valence-electron chi connectivity index (χ3n) is 2.72. The lowest BCUT2D eigenvalue weighted by atomic mass is 10.1. The largest absolute Gasteiger partial charge is 0.399 e. The van der Waals surface area contributed by atoms with E-state index in [0.717, 1.165) is 11.6 Å². The van der Waals surface area contributed by atoms with Gasteiger partial charge in [-0.3, -0.25) is 4.79 Å². The van der Waals surface area contributed by atoms with Crippen LogP contribution < -0.4 is 11.1 Å². The molecule has 3 N–H and O–H groups in total. The second kappa shape index (κ2) is 6.35. The second-order valence-corrected chi connectivity index (χ2v) is 4.29. The number of nitriles is 1. The van der Waals surface area contributed by atoms with Gasteiger partial charge in [0, 0.05) is 11.8 Å². The molecule has 0 aliphatic rings. The highest BCUT2D eigenvalue weighted by molar-refractivity contribution is 6.02. The van der Waals surface area contributed by atoms with Crippen LogP contribution in [0.5, 0.6) is 0 Å². The van der Waals surface area contributed by atoms with E-state index in [4.69, 9.17) is 11.0 Å². The Morgan fingerprint density at radius 3 is 2.62 bits per heavy atom. The molecule has 2 aromatic carbocycles. The van der Waals surface area contributed by atoms with Crippen molar-refractivity contribution in [1.82, 2.24) is 0 Å². The molecule has 0 aromatic heterocycles.